The lowest BCUT2D eigenvalue weighted by Gasteiger charge is -2.09. The Morgan fingerprint density at radius 1 is 1.57 bits per heavy atom. The Kier molecular flexibility index (Phi) is 3.39. The second-order valence-electron chi connectivity index (χ2n) is 2.06. The minimum absolute atomic E-state index is 0.168. The van der Waals surface area contributed by atoms with Gasteiger partial charge in [0.2, 0.25) is 0 Å². The monoisotopic (exact) mass is 121 g/mol. The van der Waals surface area contributed by atoms with Crippen molar-refractivity contribution in [3.8, 4) is 0 Å². The molecule has 0 rings (SSSR count). The molecule has 0 aliphatic rings. The van der Waals surface area contributed by atoms with E-state index in [0.717, 1.165) is 0 Å². The summed E-state index contributed by atoms with van der Waals surface area (Å²) in [7, 11) is 0. The van der Waals surface area contributed by atoms with Gasteiger partial charge in [0.15, 0.2) is 0 Å². The highest BCUT2D eigenvalue weighted by molar-refractivity contribution is 6.18. The van der Waals surface area contributed by atoms with Crippen molar-refractivity contribution in [3.05, 3.63) is 0 Å². The molecule has 1 nitrogen and oxygen atoms in total. The maximum absolute atomic E-state index is 5.48. The van der Waals surface area contributed by atoms with E-state index in [1.54, 1.807) is 0 Å². The van der Waals surface area contributed by atoms with Crippen molar-refractivity contribution in [2.24, 2.45) is 11.7 Å². The van der Waals surface area contributed by atoms with Crippen LogP contribution in [0.4, 0.5) is 0 Å². The molecule has 0 spiro atoms. The van der Waals surface area contributed by atoms with Gasteiger partial charge in [-0.15, -0.1) is 11.6 Å². The quantitative estimate of drug-likeness (QED) is 0.546. The molecule has 0 aliphatic carbocycles. The fourth-order valence-electron chi connectivity index (χ4n) is 0.178. The van der Waals surface area contributed by atoms with Gasteiger partial charge < -0.3 is 5.73 Å². The Bertz CT molecular complexity index is 45.3. The zero-order chi connectivity index (χ0) is 5.86. The lowest BCUT2D eigenvalue weighted by Crippen LogP contribution is -2.27. The summed E-state index contributed by atoms with van der Waals surface area (Å²) in [6.45, 7) is 4.13. The average Bonchev–Trinajstić information content (AvgIpc) is 1.65. The Balaban J connectivity index is 3.14. The highest BCUT2D eigenvalue weighted by atomic mass is 35.5. The topological polar surface area (TPSA) is 26.0 Å². The molecule has 0 aliphatic heterocycles. The van der Waals surface area contributed by atoms with Gasteiger partial charge in [0, 0.05) is 11.9 Å². The van der Waals surface area contributed by atoms with E-state index in [9.17, 15) is 0 Å². The van der Waals surface area contributed by atoms with Crippen molar-refractivity contribution in [1.82, 2.24) is 0 Å². The predicted octanol–water partition coefficient (Wildman–Crippen LogP) is 1.21. The summed E-state index contributed by atoms with van der Waals surface area (Å²) in [6, 6.07) is 0.168. The first-order chi connectivity index (χ1) is 3.18. The third-order valence-corrected chi connectivity index (χ3v) is 1.39. The number of alkyl halides is 1. The van der Waals surface area contributed by atoms with Crippen LogP contribution >= 0.6 is 11.6 Å². The molecule has 7 heavy (non-hydrogen) atoms. The average molecular weight is 122 g/mol. The Labute approximate surface area is 49.8 Å². The molecule has 1 atom stereocenters. The number of hydrogen-bond donors (Lipinski definition) is 1. The molecule has 0 saturated heterocycles. The molecule has 0 aromatic rings. The first-order valence-corrected chi connectivity index (χ1v) is 3.03. The summed E-state index contributed by atoms with van der Waals surface area (Å²) >= 11 is 5.42. The molecule has 0 radical (unpaired) electrons. The van der Waals surface area contributed by atoms with Gasteiger partial charge in [-0.1, -0.05) is 13.8 Å². The van der Waals surface area contributed by atoms with Crippen molar-refractivity contribution in [1.29, 1.82) is 0 Å². The molecule has 0 unspecified atom stereocenters. The molecule has 0 saturated carbocycles. The molecule has 44 valence electrons. The lowest BCUT2D eigenvalue weighted by molar-refractivity contribution is 0.533. The summed E-state index contributed by atoms with van der Waals surface area (Å²) in [5.41, 5.74) is 5.48. The number of halogens is 1. The summed E-state index contributed by atoms with van der Waals surface area (Å²) in [5.74, 6) is 1.08. The molecule has 0 fully saturated rings. The first kappa shape index (κ1) is 7.25. The third-order valence-electron chi connectivity index (χ3n) is 1.03. The van der Waals surface area contributed by atoms with E-state index in [4.69, 9.17) is 17.3 Å². The normalized spacial score (nSPS) is 15.0. The second-order valence-corrected chi connectivity index (χ2v) is 2.37. The second kappa shape index (κ2) is 3.28. The summed E-state index contributed by atoms with van der Waals surface area (Å²) < 4.78 is 0. The largest absolute Gasteiger partial charge is 0.326 e. The molecule has 0 heterocycles. The summed E-state index contributed by atoms with van der Waals surface area (Å²) in [4.78, 5) is 0. The van der Waals surface area contributed by atoms with Crippen LogP contribution in [0.25, 0.3) is 0 Å². The van der Waals surface area contributed by atoms with Crippen molar-refractivity contribution < 1.29 is 0 Å². The zero-order valence-corrected chi connectivity index (χ0v) is 5.57. The molecule has 2 heteroatoms. The van der Waals surface area contributed by atoms with Crippen LogP contribution in [0.15, 0.2) is 0 Å². The number of rotatable bonds is 2. The van der Waals surface area contributed by atoms with Gasteiger partial charge >= 0.3 is 0 Å². The minimum atomic E-state index is 0.168. The third kappa shape index (κ3) is 2.89. The van der Waals surface area contributed by atoms with E-state index >= 15 is 0 Å². The number of nitrogens with two attached hydrogens (primary N) is 1. The van der Waals surface area contributed by atoms with Gasteiger partial charge in [-0.3, -0.25) is 0 Å². The molecule has 0 amide bonds. The van der Waals surface area contributed by atoms with E-state index in [1.165, 1.54) is 0 Å². The van der Waals surface area contributed by atoms with E-state index in [1.807, 2.05) is 0 Å². The van der Waals surface area contributed by atoms with Crippen molar-refractivity contribution in [3.63, 3.8) is 0 Å². The van der Waals surface area contributed by atoms with Crippen molar-refractivity contribution in [2.75, 3.05) is 5.88 Å². The molecule has 0 bridgehead atoms. The van der Waals surface area contributed by atoms with Gasteiger partial charge in [-0.2, -0.15) is 0 Å². The van der Waals surface area contributed by atoms with Gasteiger partial charge in [0.25, 0.3) is 0 Å². The minimum Gasteiger partial charge on any atom is -0.326 e. The lowest BCUT2D eigenvalue weighted by atomic mass is 10.1. The van der Waals surface area contributed by atoms with E-state index in [0.29, 0.717) is 11.8 Å². The maximum Gasteiger partial charge on any atom is 0.0377 e. The van der Waals surface area contributed by atoms with Gasteiger partial charge in [-0.25, -0.2) is 0 Å². The van der Waals surface area contributed by atoms with Gasteiger partial charge in [-0.05, 0) is 5.92 Å². The molecule has 2 N–H and O–H groups in total. The highest BCUT2D eigenvalue weighted by Gasteiger charge is 2.02. The Morgan fingerprint density at radius 2 is 2.00 bits per heavy atom. The number of hydrogen-bond acceptors (Lipinski definition) is 1. The van der Waals surface area contributed by atoms with E-state index < -0.39 is 0 Å². The maximum atomic E-state index is 5.48. The fraction of sp³-hybridized carbons (Fsp3) is 1.00. The molecular weight excluding hydrogens is 110 g/mol. The van der Waals surface area contributed by atoms with Crippen LogP contribution in [-0.4, -0.2) is 11.9 Å². The molecule has 0 aromatic heterocycles. The van der Waals surface area contributed by atoms with Crippen LogP contribution in [0.5, 0.6) is 0 Å². The van der Waals surface area contributed by atoms with Gasteiger partial charge in [0.1, 0.15) is 0 Å². The van der Waals surface area contributed by atoms with Crippen LogP contribution in [0.1, 0.15) is 13.8 Å². The summed E-state index contributed by atoms with van der Waals surface area (Å²) in [6.07, 6.45) is 0. The van der Waals surface area contributed by atoms with Crippen LogP contribution in [0, 0.1) is 5.92 Å². The van der Waals surface area contributed by atoms with Crippen LogP contribution < -0.4 is 5.73 Å². The highest BCUT2D eigenvalue weighted by Crippen LogP contribution is 1.98. The fourth-order valence-corrected chi connectivity index (χ4v) is 0.535. The van der Waals surface area contributed by atoms with Crippen LogP contribution in [0.2, 0.25) is 0 Å². The Hall–Kier alpha value is 0.250. The van der Waals surface area contributed by atoms with Crippen LogP contribution in [0.3, 0.4) is 0 Å². The Morgan fingerprint density at radius 3 is 2.00 bits per heavy atom. The summed E-state index contributed by atoms with van der Waals surface area (Å²) in [5, 5.41) is 0. The van der Waals surface area contributed by atoms with E-state index in [2.05, 4.69) is 13.8 Å². The van der Waals surface area contributed by atoms with E-state index in [-0.39, 0.29) is 6.04 Å². The zero-order valence-electron chi connectivity index (χ0n) is 4.82. The van der Waals surface area contributed by atoms with Crippen molar-refractivity contribution >= 4 is 11.6 Å². The SMILES string of the molecule is CC(C)[C@H](N)CCl. The van der Waals surface area contributed by atoms with Crippen LogP contribution in [-0.2, 0) is 0 Å². The first-order valence-electron chi connectivity index (χ1n) is 2.50. The predicted molar refractivity (Wildman–Crippen MR) is 33.5 cm³/mol. The van der Waals surface area contributed by atoms with Gasteiger partial charge in [0.05, 0.1) is 0 Å². The molecule has 0 aromatic carbocycles. The molecular formula is C5H12ClN. The smallest absolute Gasteiger partial charge is 0.0377 e. The standard InChI is InChI=1S/C5H12ClN/c1-4(2)5(7)3-6/h4-5H,3,7H2,1-2H3/t5-/m1/s1. The van der Waals surface area contributed by atoms with Crippen molar-refractivity contribution in [2.45, 2.75) is 19.9 Å².